The molecule has 0 bridgehead atoms. The van der Waals surface area contributed by atoms with Crippen molar-refractivity contribution in [3.05, 3.63) is 76.0 Å². The number of hydrogen-bond acceptors (Lipinski definition) is 5. The van der Waals surface area contributed by atoms with E-state index in [-0.39, 0.29) is 11.8 Å². The first-order chi connectivity index (χ1) is 16.0. The molecule has 2 heterocycles. The molecule has 1 fully saturated rings. The molecule has 1 saturated heterocycles. The predicted octanol–water partition coefficient (Wildman–Crippen LogP) is 5.68. The van der Waals surface area contributed by atoms with Gasteiger partial charge in [-0.15, -0.1) is 0 Å². The van der Waals surface area contributed by atoms with Gasteiger partial charge in [-0.25, -0.2) is 4.79 Å². The number of carbonyl (C=O) groups excluding carboxylic acids is 2. The molecule has 1 aromatic heterocycles. The van der Waals surface area contributed by atoms with Gasteiger partial charge < -0.3 is 14.4 Å². The molecule has 1 aliphatic heterocycles. The lowest BCUT2D eigenvalue weighted by molar-refractivity contribution is -0.147. The van der Waals surface area contributed by atoms with E-state index in [1.807, 2.05) is 53.6 Å². The fraction of sp³-hybridized carbons (Fsp3) is 0.333. The summed E-state index contributed by atoms with van der Waals surface area (Å²) >= 11 is 1.65. The number of methoxy groups -OCH3 is 1. The van der Waals surface area contributed by atoms with Crippen LogP contribution in [0.25, 0.3) is 11.1 Å². The van der Waals surface area contributed by atoms with Crippen LogP contribution >= 0.6 is 11.3 Å². The van der Waals surface area contributed by atoms with E-state index in [1.165, 1.54) is 7.11 Å². The van der Waals surface area contributed by atoms with Crippen LogP contribution < -0.4 is 4.74 Å². The number of hydrogen-bond donors (Lipinski definition) is 0. The lowest BCUT2D eigenvalue weighted by Crippen LogP contribution is -2.39. The van der Waals surface area contributed by atoms with E-state index >= 15 is 0 Å². The van der Waals surface area contributed by atoms with E-state index in [0.29, 0.717) is 12.3 Å². The van der Waals surface area contributed by atoms with E-state index in [4.69, 9.17) is 9.47 Å². The van der Waals surface area contributed by atoms with Crippen LogP contribution in [0.1, 0.15) is 47.2 Å². The summed E-state index contributed by atoms with van der Waals surface area (Å²) in [6.45, 7) is 5.12. The Morgan fingerprint density at radius 1 is 1.12 bits per heavy atom. The Labute approximate surface area is 199 Å². The zero-order valence-electron chi connectivity index (χ0n) is 19.2. The second-order valence-electron chi connectivity index (χ2n) is 8.44. The van der Waals surface area contributed by atoms with Gasteiger partial charge in [0.1, 0.15) is 5.75 Å². The standard InChI is InChI=1S/C27H29NO4S/c1-18-24(10-5-11-25(18)32-19(2)27(30)31-3)22-9-6-13-28(16-22)26(29)21-8-4-7-20(15-21)23-12-14-33-17-23/h4-5,7-8,10-12,14-15,17,19,22H,6,9,13,16H2,1-3H3. The van der Waals surface area contributed by atoms with Crippen LogP contribution in [-0.2, 0) is 9.53 Å². The zero-order chi connectivity index (χ0) is 23.4. The van der Waals surface area contributed by atoms with Crippen LogP contribution in [0.15, 0.2) is 59.3 Å². The molecule has 0 radical (unpaired) electrons. The van der Waals surface area contributed by atoms with Crippen molar-refractivity contribution in [3.8, 4) is 16.9 Å². The molecule has 2 atom stereocenters. The molecule has 5 nitrogen and oxygen atoms in total. The minimum absolute atomic E-state index is 0.0705. The van der Waals surface area contributed by atoms with Crippen molar-refractivity contribution in [2.75, 3.05) is 20.2 Å². The van der Waals surface area contributed by atoms with Crippen LogP contribution in [0.3, 0.4) is 0 Å². The fourth-order valence-electron chi connectivity index (χ4n) is 4.46. The Bertz CT molecular complexity index is 1120. The van der Waals surface area contributed by atoms with Gasteiger partial charge in [0.05, 0.1) is 7.11 Å². The smallest absolute Gasteiger partial charge is 0.346 e. The van der Waals surface area contributed by atoms with E-state index in [2.05, 4.69) is 17.5 Å². The second kappa shape index (κ2) is 10.2. The Morgan fingerprint density at radius 3 is 2.70 bits per heavy atom. The molecular weight excluding hydrogens is 434 g/mol. The first-order valence-corrected chi connectivity index (χ1v) is 12.2. The lowest BCUT2D eigenvalue weighted by Gasteiger charge is -2.34. The van der Waals surface area contributed by atoms with Crippen LogP contribution in [0, 0.1) is 6.92 Å². The SMILES string of the molecule is COC(=O)C(C)Oc1cccc(C2CCCN(C(=O)c3cccc(-c4ccsc4)c3)C2)c1C. The average molecular weight is 464 g/mol. The number of nitrogens with zero attached hydrogens (tertiary/aromatic N) is 1. The Kier molecular flexibility index (Phi) is 7.14. The molecule has 6 heteroatoms. The van der Waals surface area contributed by atoms with Gasteiger partial charge in [-0.05, 0) is 84.0 Å². The van der Waals surface area contributed by atoms with Gasteiger partial charge in [0, 0.05) is 24.6 Å². The van der Waals surface area contributed by atoms with Crippen LogP contribution in [0.2, 0.25) is 0 Å². The van der Waals surface area contributed by atoms with Crippen LogP contribution in [-0.4, -0.2) is 43.1 Å². The maximum atomic E-state index is 13.4. The van der Waals surface area contributed by atoms with Gasteiger partial charge >= 0.3 is 5.97 Å². The number of esters is 1. The number of amides is 1. The lowest BCUT2D eigenvalue weighted by atomic mass is 9.87. The highest BCUT2D eigenvalue weighted by atomic mass is 32.1. The van der Waals surface area contributed by atoms with Gasteiger partial charge in [0.25, 0.3) is 5.91 Å². The third kappa shape index (κ3) is 5.11. The van der Waals surface area contributed by atoms with Crippen molar-refractivity contribution in [2.24, 2.45) is 0 Å². The van der Waals surface area contributed by atoms with Crippen molar-refractivity contribution in [3.63, 3.8) is 0 Å². The molecule has 1 aliphatic rings. The molecule has 0 spiro atoms. The highest BCUT2D eigenvalue weighted by Gasteiger charge is 2.27. The zero-order valence-corrected chi connectivity index (χ0v) is 20.1. The van der Waals surface area contributed by atoms with Gasteiger partial charge in [0.2, 0.25) is 0 Å². The number of thiophene rings is 1. The van der Waals surface area contributed by atoms with E-state index < -0.39 is 12.1 Å². The Balaban J connectivity index is 1.51. The van der Waals surface area contributed by atoms with Crippen molar-refractivity contribution < 1.29 is 19.1 Å². The fourth-order valence-corrected chi connectivity index (χ4v) is 5.13. The number of carbonyl (C=O) groups is 2. The third-order valence-electron chi connectivity index (χ3n) is 6.28. The minimum atomic E-state index is -0.677. The number of likely N-dealkylation sites (tertiary alicyclic amines) is 1. The maximum Gasteiger partial charge on any atom is 0.346 e. The van der Waals surface area contributed by atoms with Gasteiger partial charge in [-0.2, -0.15) is 11.3 Å². The summed E-state index contributed by atoms with van der Waals surface area (Å²) in [4.78, 5) is 27.1. The summed E-state index contributed by atoms with van der Waals surface area (Å²) in [5, 5.41) is 4.14. The molecule has 2 unspecified atom stereocenters. The molecule has 1 amide bonds. The van der Waals surface area contributed by atoms with Crippen molar-refractivity contribution in [2.45, 2.75) is 38.7 Å². The molecule has 0 aliphatic carbocycles. The van der Waals surface area contributed by atoms with Gasteiger partial charge in [-0.1, -0.05) is 24.3 Å². The summed E-state index contributed by atoms with van der Waals surface area (Å²) in [6.07, 6.45) is 1.28. The molecule has 2 aromatic carbocycles. The molecule has 0 N–H and O–H groups in total. The maximum absolute atomic E-state index is 13.4. The highest BCUT2D eigenvalue weighted by Crippen LogP contribution is 2.34. The van der Waals surface area contributed by atoms with E-state index in [0.717, 1.165) is 47.2 Å². The van der Waals surface area contributed by atoms with Crippen molar-refractivity contribution in [1.82, 2.24) is 4.90 Å². The summed E-state index contributed by atoms with van der Waals surface area (Å²) in [7, 11) is 1.36. The number of benzene rings is 2. The number of rotatable bonds is 6. The van der Waals surface area contributed by atoms with E-state index in [1.54, 1.807) is 18.3 Å². The first-order valence-electron chi connectivity index (χ1n) is 11.2. The molecule has 3 aromatic rings. The van der Waals surface area contributed by atoms with Gasteiger partial charge in [0.15, 0.2) is 6.10 Å². The normalized spacial score (nSPS) is 16.8. The quantitative estimate of drug-likeness (QED) is 0.441. The Morgan fingerprint density at radius 2 is 1.94 bits per heavy atom. The topological polar surface area (TPSA) is 55.8 Å². The van der Waals surface area contributed by atoms with Crippen molar-refractivity contribution >= 4 is 23.2 Å². The van der Waals surface area contributed by atoms with Crippen LogP contribution in [0.5, 0.6) is 5.75 Å². The molecule has 33 heavy (non-hydrogen) atoms. The summed E-state index contributed by atoms with van der Waals surface area (Å²) in [5.74, 6) is 0.567. The molecule has 0 saturated carbocycles. The monoisotopic (exact) mass is 463 g/mol. The largest absolute Gasteiger partial charge is 0.479 e. The summed E-state index contributed by atoms with van der Waals surface area (Å²) < 4.78 is 10.6. The van der Waals surface area contributed by atoms with Crippen LogP contribution in [0.4, 0.5) is 0 Å². The van der Waals surface area contributed by atoms with Gasteiger partial charge in [-0.3, -0.25) is 4.79 Å². The average Bonchev–Trinajstić information content (AvgIpc) is 3.39. The Hall–Kier alpha value is -3.12. The minimum Gasteiger partial charge on any atom is -0.479 e. The number of ether oxygens (including phenoxy) is 2. The summed E-state index contributed by atoms with van der Waals surface area (Å²) in [6, 6.07) is 15.9. The molecule has 172 valence electrons. The molecule has 4 rings (SSSR count). The second-order valence-corrected chi connectivity index (χ2v) is 9.22. The third-order valence-corrected chi connectivity index (χ3v) is 6.96. The molecular formula is C27H29NO4S. The number of piperidine rings is 1. The predicted molar refractivity (Wildman–Crippen MR) is 131 cm³/mol. The van der Waals surface area contributed by atoms with E-state index in [9.17, 15) is 9.59 Å². The van der Waals surface area contributed by atoms with Crippen molar-refractivity contribution in [1.29, 1.82) is 0 Å². The first kappa shape index (κ1) is 23.1. The summed E-state index contributed by atoms with van der Waals surface area (Å²) in [5.41, 5.74) is 5.09. The highest BCUT2D eigenvalue weighted by molar-refractivity contribution is 7.08.